The molecule has 1 aromatic heterocycles. The van der Waals surface area contributed by atoms with Gasteiger partial charge in [-0.2, -0.15) is 8.78 Å². The van der Waals surface area contributed by atoms with Gasteiger partial charge in [0.2, 0.25) is 0 Å². The lowest BCUT2D eigenvalue weighted by Crippen LogP contribution is -2.21. The number of methoxy groups -OCH3 is 1. The normalized spacial score (nSPS) is 11.9. The molecule has 0 aliphatic carbocycles. The van der Waals surface area contributed by atoms with Crippen LogP contribution in [0.4, 0.5) is 17.6 Å². The highest BCUT2D eigenvalue weighted by atomic mass is 32.2. The number of hydrogen-bond acceptors (Lipinski definition) is 3. The fourth-order valence-corrected chi connectivity index (χ4v) is 1.41. The third-order valence-corrected chi connectivity index (χ3v) is 2.32. The summed E-state index contributed by atoms with van der Waals surface area (Å²) < 4.78 is 53.6. The Morgan fingerprint density at radius 2 is 2.13 bits per heavy atom. The molecule has 0 radical (unpaired) electrons. The summed E-state index contributed by atoms with van der Waals surface area (Å²) in [4.78, 5) is 3.52. The zero-order chi connectivity index (χ0) is 11.5. The fraction of sp³-hybridized carbons (Fsp3) is 0.375. The summed E-state index contributed by atoms with van der Waals surface area (Å²) in [5, 5.41) is -4.35. The smallest absolute Gasteiger partial charge is 0.359 e. The van der Waals surface area contributed by atoms with E-state index in [0.717, 1.165) is 0 Å². The van der Waals surface area contributed by atoms with Gasteiger partial charge in [0.15, 0.2) is 0 Å². The van der Waals surface area contributed by atoms with Gasteiger partial charge in [0.05, 0.1) is 7.11 Å². The number of nitrogens with zero attached hydrogens (tertiary/aromatic N) is 1. The third kappa shape index (κ3) is 3.26. The molecule has 7 heteroatoms. The average Bonchev–Trinajstić information content (AvgIpc) is 2.17. The van der Waals surface area contributed by atoms with Crippen LogP contribution >= 0.6 is 11.8 Å². The maximum atomic E-state index is 12.6. The van der Waals surface area contributed by atoms with Gasteiger partial charge >= 0.3 is 11.7 Å². The van der Waals surface area contributed by atoms with E-state index in [0.29, 0.717) is 0 Å². The largest absolute Gasteiger partial charge is 0.497 e. The number of rotatable bonds is 4. The minimum atomic E-state index is -4.14. The maximum absolute atomic E-state index is 12.6. The first-order valence-electron chi connectivity index (χ1n) is 3.80. The van der Waals surface area contributed by atoms with Crippen LogP contribution in [0, 0.1) is 0 Å². The van der Waals surface area contributed by atoms with Crippen molar-refractivity contribution >= 4 is 11.8 Å². The van der Waals surface area contributed by atoms with Crippen LogP contribution in [-0.2, 0) is 0 Å². The zero-order valence-electron chi connectivity index (χ0n) is 7.58. The molecule has 0 aliphatic heterocycles. The molecule has 1 heterocycles. The summed E-state index contributed by atoms with van der Waals surface area (Å²) in [5.74, 6) is 0.289. The molecule has 0 fully saturated rings. The molecule has 0 saturated carbocycles. The third-order valence-electron chi connectivity index (χ3n) is 1.44. The number of pyridine rings is 1. The number of halogens is 4. The Hall–Kier alpha value is -0.980. The second kappa shape index (κ2) is 4.69. The van der Waals surface area contributed by atoms with Crippen LogP contribution in [0.2, 0.25) is 0 Å². The van der Waals surface area contributed by atoms with Crippen LogP contribution < -0.4 is 4.74 Å². The Balaban J connectivity index is 2.80. The molecule has 84 valence electrons. The van der Waals surface area contributed by atoms with Gasteiger partial charge in [-0.05, 0) is 17.8 Å². The molecule has 0 atom stereocenters. The lowest BCUT2D eigenvalue weighted by Gasteiger charge is -2.13. The van der Waals surface area contributed by atoms with Gasteiger partial charge in [0, 0.05) is 12.3 Å². The first kappa shape index (κ1) is 12.1. The Morgan fingerprint density at radius 3 is 2.67 bits per heavy atom. The van der Waals surface area contributed by atoms with Crippen LogP contribution in [0.15, 0.2) is 23.4 Å². The fourth-order valence-electron chi connectivity index (χ4n) is 0.758. The molecular weight excluding hydrogens is 234 g/mol. The van der Waals surface area contributed by atoms with Gasteiger partial charge in [-0.1, -0.05) is 0 Å². The van der Waals surface area contributed by atoms with Crippen molar-refractivity contribution in [3.05, 3.63) is 18.3 Å². The summed E-state index contributed by atoms with van der Waals surface area (Å²) >= 11 is -0.291. The molecule has 0 spiro atoms. The van der Waals surface area contributed by atoms with Crippen molar-refractivity contribution in [1.29, 1.82) is 0 Å². The molecule has 2 nitrogen and oxygen atoms in total. The van der Waals surface area contributed by atoms with Crippen LogP contribution in [0.1, 0.15) is 0 Å². The van der Waals surface area contributed by atoms with E-state index >= 15 is 0 Å². The minimum Gasteiger partial charge on any atom is -0.497 e. The van der Waals surface area contributed by atoms with Crippen molar-refractivity contribution in [3.8, 4) is 5.75 Å². The molecule has 0 saturated heterocycles. The first-order chi connectivity index (χ1) is 6.95. The topological polar surface area (TPSA) is 22.1 Å². The Morgan fingerprint density at radius 1 is 1.47 bits per heavy atom. The first-order valence-corrected chi connectivity index (χ1v) is 4.62. The average molecular weight is 241 g/mol. The Bertz CT molecular complexity index is 334. The molecule has 0 bridgehead atoms. The van der Waals surface area contributed by atoms with Crippen molar-refractivity contribution < 1.29 is 22.3 Å². The number of hydrogen-bond donors (Lipinski definition) is 0. The lowest BCUT2D eigenvalue weighted by molar-refractivity contribution is -0.0564. The quantitative estimate of drug-likeness (QED) is 0.597. The summed E-state index contributed by atoms with van der Waals surface area (Å²) in [6.07, 6.45) is -2.52. The zero-order valence-corrected chi connectivity index (χ0v) is 8.40. The summed E-state index contributed by atoms with van der Waals surface area (Å²) in [7, 11) is 1.34. The van der Waals surface area contributed by atoms with E-state index in [2.05, 4.69) is 4.98 Å². The predicted molar refractivity (Wildman–Crippen MR) is 47.6 cm³/mol. The van der Waals surface area contributed by atoms with Gasteiger partial charge in [0.25, 0.3) is 0 Å². The highest BCUT2D eigenvalue weighted by Gasteiger charge is 2.42. The molecule has 0 unspecified atom stereocenters. The van der Waals surface area contributed by atoms with E-state index < -0.39 is 11.7 Å². The van der Waals surface area contributed by atoms with Gasteiger partial charge < -0.3 is 4.74 Å². The number of thioether (sulfide) groups is 1. The van der Waals surface area contributed by atoms with E-state index in [4.69, 9.17) is 4.74 Å². The molecule has 0 aromatic carbocycles. The van der Waals surface area contributed by atoms with Crippen LogP contribution in [0.3, 0.4) is 0 Å². The Labute approximate surface area is 87.6 Å². The SMILES string of the molecule is COc1ccnc(SC(F)(F)C(F)F)c1. The summed E-state index contributed by atoms with van der Waals surface area (Å²) in [5.41, 5.74) is 0. The molecule has 0 N–H and O–H groups in total. The van der Waals surface area contributed by atoms with Crippen molar-refractivity contribution in [1.82, 2.24) is 4.98 Å². The van der Waals surface area contributed by atoms with Crippen molar-refractivity contribution in [2.75, 3.05) is 7.11 Å². The summed E-state index contributed by atoms with van der Waals surface area (Å²) in [6.45, 7) is 0. The van der Waals surface area contributed by atoms with E-state index in [1.807, 2.05) is 0 Å². The second-order valence-corrected chi connectivity index (χ2v) is 3.67. The number of ether oxygens (including phenoxy) is 1. The number of alkyl halides is 4. The molecule has 1 aromatic rings. The lowest BCUT2D eigenvalue weighted by atomic mass is 10.5. The summed E-state index contributed by atoms with van der Waals surface area (Å²) in [6, 6.07) is 2.60. The van der Waals surface area contributed by atoms with Gasteiger partial charge in [-0.3, -0.25) is 0 Å². The van der Waals surface area contributed by atoms with E-state index in [1.165, 1.54) is 25.4 Å². The van der Waals surface area contributed by atoms with E-state index in [-0.39, 0.29) is 22.5 Å². The van der Waals surface area contributed by atoms with E-state index in [1.54, 1.807) is 0 Å². The molecular formula is C8H7F4NOS. The van der Waals surface area contributed by atoms with Gasteiger partial charge in [-0.15, -0.1) is 0 Å². The number of aromatic nitrogens is 1. The van der Waals surface area contributed by atoms with Crippen LogP contribution in [-0.4, -0.2) is 23.8 Å². The van der Waals surface area contributed by atoms with Crippen LogP contribution in [0.25, 0.3) is 0 Å². The highest BCUT2D eigenvalue weighted by Crippen LogP contribution is 2.40. The highest BCUT2D eigenvalue weighted by molar-refractivity contribution is 8.00. The van der Waals surface area contributed by atoms with Crippen molar-refractivity contribution in [2.45, 2.75) is 16.7 Å². The molecule has 0 aliphatic rings. The van der Waals surface area contributed by atoms with Crippen molar-refractivity contribution in [3.63, 3.8) is 0 Å². The second-order valence-electron chi connectivity index (χ2n) is 2.50. The van der Waals surface area contributed by atoms with E-state index in [9.17, 15) is 17.6 Å². The Kier molecular flexibility index (Phi) is 3.78. The predicted octanol–water partition coefficient (Wildman–Crippen LogP) is 3.04. The monoisotopic (exact) mass is 241 g/mol. The molecule has 0 amide bonds. The maximum Gasteiger partial charge on any atom is 0.359 e. The van der Waals surface area contributed by atoms with Crippen LogP contribution in [0.5, 0.6) is 5.75 Å². The molecule has 1 rings (SSSR count). The molecule has 15 heavy (non-hydrogen) atoms. The van der Waals surface area contributed by atoms with Gasteiger partial charge in [-0.25, -0.2) is 13.8 Å². The van der Waals surface area contributed by atoms with Gasteiger partial charge in [0.1, 0.15) is 10.8 Å². The minimum absolute atomic E-state index is 0.209. The standard InChI is InChI=1S/C8H7F4NOS/c1-14-5-2-3-13-6(4-5)15-8(11,12)7(9)10/h2-4,7H,1H3. The van der Waals surface area contributed by atoms with Crippen molar-refractivity contribution in [2.24, 2.45) is 0 Å².